The Balaban J connectivity index is 2.36. The van der Waals surface area contributed by atoms with E-state index in [0.717, 1.165) is 0 Å². The van der Waals surface area contributed by atoms with Gasteiger partial charge in [0.15, 0.2) is 23.1 Å². The van der Waals surface area contributed by atoms with Crippen molar-refractivity contribution in [3.05, 3.63) is 29.5 Å². The monoisotopic (exact) mass is 275 g/mol. The van der Waals surface area contributed by atoms with Gasteiger partial charge in [0.25, 0.3) is 0 Å². The Hall–Kier alpha value is -2.63. The van der Waals surface area contributed by atoms with Crippen LogP contribution in [-0.2, 0) is 14.3 Å². The van der Waals surface area contributed by atoms with E-state index in [1.54, 1.807) is 31.2 Å². The summed E-state index contributed by atoms with van der Waals surface area (Å²) in [6.45, 7) is 2.89. The Morgan fingerprint density at radius 1 is 1.35 bits per heavy atom. The molecule has 2 rings (SSSR count). The van der Waals surface area contributed by atoms with Gasteiger partial charge in [-0.05, 0) is 23.8 Å². The van der Waals surface area contributed by atoms with Crippen LogP contribution in [0.1, 0.15) is 19.4 Å². The number of cyclic esters (lactones) is 1. The van der Waals surface area contributed by atoms with E-state index in [1.807, 2.05) is 0 Å². The molecule has 1 aliphatic rings. The molecule has 0 atom stereocenters. The topological polar surface area (TPSA) is 74.2 Å². The molecule has 0 N–H and O–H groups in total. The van der Waals surface area contributed by atoms with Crippen molar-refractivity contribution in [2.75, 3.05) is 7.11 Å². The van der Waals surface area contributed by atoms with E-state index in [2.05, 4.69) is 4.99 Å². The molecule has 0 saturated carbocycles. The van der Waals surface area contributed by atoms with E-state index in [-0.39, 0.29) is 11.4 Å². The van der Waals surface area contributed by atoms with Crippen molar-refractivity contribution in [3.63, 3.8) is 0 Å². The van der Waals surface area contributed by atoms with Crippen molar-refractivity contribution < 1.29 is 23.8 Å². The van der Waals surface area contributed by atoms with Gasteiger partial charge in [-0.25, -0.2) is 9.79 Å². The van der Waals surface area contributed by atoms with Gasteiger partial charge in [0.2, 0.25) is 0 Å². The first-order valence-corrected chi connectivity index (χ1v) is 5.85. The van der Waals surface area contributed by atoms with Gasteiger partial charge in [0.05, 0.1) is 7.11 Å². The molecule has 0 aliphatic carbocycles. The number of rotatable bonds is 3. The number of carbonyl (C=O) groups excluding carboxylic acids is 2. The molecule has 0 unspecified atom stereocenters. The molecule has 0 spiro atoms. The fraction of sp³-hybridized carbons (Fsp3) is 0.214. The maximum Gasteiger partial charge on any atom is 0.363 e. The molecule has 6 heteroatoms. The highest BCUT2D eigenvalue weighted by atomic mass is 16.6. The molecule has 0 amide bonds. The number of aliphatic imine (C=N–C) groups is 1. The lowest BCUT2D eigenvalue weighted by atomic mass is 10.1. The lowest BCUT2D eigenvalue weighted by molar-refractivity contribution is -0.132. The van der Waals surface area contributed by atoms with Crippen LogP contribution in [0.25, 0.3) is 6.08 Å². The average Bonchev–Trinajstić information content (AvgIpc) is 2.67. The number of esters is 2. The van der Waals surface area contributed by atoms with Gasteiger partial charge in [0.1, 0.15) is 0 Å². The lowest BCUT2D eigenvalue weighted by Gasteiger charge is -2.08. The van der Waals surface area contributed by atoms with Crippen LogP contribution in [0.15, 0.2) is 28.9 Å². The Kier molecular flexibility index (Phi) is 3.84. The van der Waals surface area contributed by atoms with Crippen LogP contribution in [0, 0.1) is 0 Å². The van der Waals surface area contributed by atoms with Crippen LogP contribution in [-0.4, -0.2) is 24.9 Å². The molecular weight excluding hydrogens is 262 g/mol. The van der Waals surface area contributed by atoms with E-state index in [0.29, 0.717) is 17.2 Å². The van der Waals surface area contributed by atoms with E-state index in [1.165, 1.54) is 14.0 Å². The Morgan fingerprint density at radius 2 is 2.10 bits per heavy atom. The summed E-state index contributed by atoms with van der Waals surface area (Å²) in [5, 5.41) is 0. The van der Waals surface area contributed by atoms with Gasteiger partial charge in [-0.3, -0.25) is 4.79 Å². The van der Waals surface area contributed by atoms with Crippen LogP contribution < -0.4 is 9.47 Å². The van der Waals surface area contributed by atoms with Crippen molar-refractivity contribution in [1.82, 2.24) is 0 Å². The highest BCUT2D eigenvalue weighted by Gasteiger charge is 2.19. The minimum Gasteiger partial charge on any atom is -0.493 e. The summed E-state index contributed by atoms with van der Waals surface area (Å²) >= 11 is 0. The van der Waals surface area contributed by atoms with Crippen LogP contribution in [0.5, 0.6) is 11.5 Å². The van der Waals surface area contributed by atoms with Crippen molar-refractivity contribution in [2.45, 2.75) is 13.8 Å². The fourth-order valence-corrected chi connectivity index (χ4v) is 1.69. The second-order valence-electron chi connectivity index (χ2n) is 4.05. The van der Waals surface area contributed by atoms with E-state index < -0.39 is 11.9 Å². The summed E-state index contributed by atoms with van der Waals surface area (Å²) < 4.78 is 15.0. The van der Waals surface area contributed by atoms with E-state index in [4.69, 9.17) is 14.2 Å². The predicted molar refractivity (Wildman–Crippen MR) is 71.5 cm³/mol. The average molecular weight is 275 g/mol. The minimum atomic E-state index is -0.507. The molecule has 1 aromatic rings. The van der Waals surface area contributed by atoms with Gasteiger partial charge in [-0.1, -0.05) is 6.07 Å². The summed E-state index contributed by atoms with van der Waals surface area (Å²) in [5.41, 5.74) is 0.842. The van der Waals surface area contributed by atoms with Crippen LogP contribution in [0.4, 0.5) is 0 Å². The van der Waals surface area contributed by atoms with Crippen LogP contribution in [0.3, 0.4) is 0 Å². The third-order valence-electron chi connectivity index (χ3n) is 2.47. The summed E-state index contributed by atoms with van der Waals surface area (Å²) in [4.78, 5) is 26.5. The lowest BCUT2D eigenvalue weighted by Crippen LogP contribution is -2.03. The largest absolute Gasteiger partial charge is 0.493 e. The van der Waals surface area contributed by atoms with Gasteiger partial charge in [-0.15, -0.1) is 0 Å². The summed E-state index contributed by atoms with van der Waals surface area (Å²) in [6, 6.07) is 4.94. The van der Waals surface area contributed by atoms with E-state index >= 15 is 0 Å². The third-order valence-corrected chi connectivity index (χ3v) is 2.47. The van der Waals surface area contributed by atoms with Crippen molar-refractivity contribution in [2.24, 2.45) is 4.99 Å². The second-order valence-corrected chi connectivity index (χ2v) is 4.05. The smallest absolute Gasteiger partial charge is 0.363 e. The first kappa shape index (κ1) is 13.8. The molecule has 20 heavy (non-hydrogen) atoms. The van der Waals surface area contributed by atoms with Gasteiger partial charge in [0, 0.05) is 13.8 Å². The predicted octanol–water partition coefficient (Wildman–Crippen LogP) is 1.94. The first-order chi connectivity index (χ1) is 9.49. The molecule has 6 nitrogen and oxygen atoms in total. The standard InChI is InChI=1S/C14H13NO5/c1-8-15-11(14(17)19-8)6-10-4-5-12(18-3)13(7-10)20-9(2)16/h4-7H,1-3H3/b11-6+. The maximum atomic E-state index is 11.5. The summed E-state index contributed by atoms with van der Waals surface area (Å²) in [7, 11) is 1.47. The zero-order valence-electron chi connectivity index (χ0n) is 11.3. The van der Waals surface area contributed by atoms with Crippen molar-refractivity contribution in [1.29, 1.82) is 0 Å². The molecule has 0 bridgehead atoms. The highest BCUT2D eigenvalue weighted by molar-refractivity contribution is 6.06. The molecule has 1 aromatic carbocycles. The molecule has 104 valence electrons. The van der Waals surface area contributed by atoms with Crippen molar-refractivity contribution in [3.8, 4) is 11.5 Å². The highest BCUT2D eigenvalue weighted by Crippen LogP contribution is 2.29. The minimum absolute atomic E-state index is 0.196. The third kappa shape index (κ3) is 3.03. The number of hydrogen-bond acceptors (Lipinski definition) is 6. The Labute approximate surface area is 115 Å². The Morgan fingerprint density at radius 3 is 2.65 bits per heavy atom. The molecule has 0 saturated heterocycles. The zero-order valence-corrected chi connectivity index (χ0v) is 11.3. The van der Waals surface area contributed by atoms with Gasteiger partial charge >= 0.3 is 11.9 Å². The molecule has 1 aliphatic heterocycles. The van der Waals surface area contributed by atoms with Gasteiger partial charge < -0.3 is 14.2 Å². The number of ether oxygens (including phenoxy) is 3. The number of nitrogens with zero attached hydrogens (tertiary/aromatic N) is 1. The second kappa shape index (κ2) is 5.56. The van der Waals surface area contributed by atoms with Gasteiger partial charge in [-0.2, -0.15) is 0 Å². The zero-order chi connectivity index (χ0) is 14.7. The number of hydrogen-bond donors (Lipinski definition) is 0. The quantitative estimate of drug-likeness (QED) is 0.479. The summed E-state index contributed by atoms with van der Waals surface area (Å²) in [5.74, 6) is 0.0435. The van der Waals surface area contributed by atoms with Crippen molar-refractivity contribution >= 4 is 23.9 Å². The molecule has 0 fully saturated rings. The summed E-state index contributed by atoms with van der Waals surface area (Å²) in [6.07, 6.45) is 1.55. The maximum absolute atomic E-state index is 11.5. The van der Waals surface area contributed by atoms with Crippen LogP contribution in [0.2, 0.25) is 0 Å². The van der Waals surface area contributed by atoms with Crippen LogP contribution >= 0.6 is 0 Å². The normalized spacial score (nSPS) is 15.8. The Bertz CT molecular complexity index is 630. The fourth-order valence-electron chi connectivity index (χ4n) is 1.69. The molecule has 0 aromatic heterocycles. The first-order valence-electron chi connectivity index (χ1n) is 5.85. The molecule has 0 radical (unpaired) electrons. The SMILES string of the molecule is COc1ccc(/C=C2/N=C(C)OC2=O)cc1OC(C)=O. The van der Waals surface area contributed by atoms with E-state index in [9.17, 15) is 9.59 Å². The number of benzene rings is 1. The molecule has 1 heterocycles. The molecular formula is C14H13NO5. The number of methoxy groups -OCH3 is 1. The number of carbonyl (C=O) groups is 2.